The van der Waals surface area contributed by atoms with Gasteiger partial charge in [0.05, 0.1) is 6.42 Å². The summed E-state index contributed by atoms with van der Waals surface area (Å²) in [5.74, 6) is -0.142. The van der Waals surface area contributed by atoms with E-state index in [1.165, 1.54) is 19.3 Å². The SMILES string of the molecule is O=C(O)CCNC1CCN(C(=O)C2CCCCC2)CC1. The molecule has 0 aromatic rings. The summed E-state index contributed by atoms with van der Waals surface area (Å²) in [5.41, 5.74) is 0. The molecule has 1 aliphatic carbocycles. The van der Waals surface area contributed by atoms with Crippen molar-refractivity contribution in [1.29, 1.82) is 0 Å². The van der Waals surface area contributed by atoms with Crippen LogP contribution in [-0.2, 0) is 9.59 Å². The average molecular weight is 282 g/mol. The third-order valence-corrected chi connectivity index (χ3v) is 4.53. The fourth-order valence-electron chi connectivity index (χ4n) is 3.29. The molecule has 0 spiro atoms. The van der Waals surface area contributed by atoms with E-state index in [-0.39, 0.29) is 12.3 Å². The molecule has 2 aliphatic rings. The third-order valence-electron chi connectivity index (χ3n) is 4.53. The number of hydrogen-bond donors (Lipinski definition) is 2. The highest BCUT2D eigenvalue weighted by atomic mass is 16.4. The number of nitrogens with one attached hydrogen (secondary N) is 1. The maximum absolute atomic E-state index is 12.4. The second kappa shape index (κ2) is 7.62. The van der Waals surface area contributed by atoms with Crippen molar-refractivity contribution in [3.63, 3.8) is 0 Å². The number of carbonyl (C=O) groups excluding carboxylic acids is 1. The van der Waals surface area contributed by atoms with Gasteiger partial charge in [-0.15, -0.1) is 0 Å². The van der Waals surface area contributed by atoms with Crippen LogP contribution in [0.25, 0.3) is 0 Å². The highest BCUT2D eigenvalue weighted by molar-refractivity contribution is 5.79. The summed E-state index contributed by atoms with van der Waals surface area (Å²) in [7, 11) is 0. The Bertz CT molecular complexity index is 332. The maximum Gasteiger partial charge on any atom is 0.304 e. The van der Waals surface area contributed by atoms with Crippen LogP contribution in [0.2, 0.25) is 0 Å². The average Bonchev–Trinajstić information content (AvgIpc) is 2.48. The Hall–Kier alpha value is -1.10. The van der Waals surface area contributed by atoms with Gasteiger partial charge in [-0.2, -0.15) is 0 Å². The summed E-state index contributed by atoms with van der Waals surface area (Å²) < 4.78 is 0. The van der Waals surface area contributed by atoms with Crippen molar-refractivity contribution in [1.82, 2.24) is 10.2 Å². The molecule has 0 radical (unpaired) electrons. The Morgan fingerprint density at radius 1 is 1.05 bits per heavy atom. The highest BCUT2D eigenvalue weighted by Crippen LogP contribution is 2.26. The molecule has 1 amide bonds. The zero-order chi connectivity index (χ0) is 14.4. The van der Waals surface area contributed by atoms with Gasteiger partial charge in [-0.1, -0.05) is 19.3 Å². The standard InChI is InChI=1S/C15H26N2O3/c18-14(19)6-9-16-13-7-10-17(11-8-13)15(20)12-4-2-1-3-5-12/h12-13,16H,1-11H2,(H,18,19). The van der Waals surface area contributed by atoms with Crippen LogP contribution in [0.1, 0.15) is 51.4 Å². The summed E-state index contributed by atoms with van der Waals surface area (Å²) in [6, 6.07) is 0.366. The third kappa shape index (κ3) is 4.47. The predicted molar refractivity (Wildman–Crippen MR) is 76.4 cm³/mol. The van der Waals surface area contributed by atoms with Crippen molar-refractivity contribution in [2.24, 2.45) is 5.92 Å². The number of hydrogen-bond acceptors (Lipinski definition) is 3. The number of piperidine rings is 1. The van der Waals surface area contributed by atoms with E-state index in [2.05, 4.69) is 5.32 Å². The van der Waals surface area contributed by atoms with Gasteiger partial charge in [0.15, 0.2) is 0 Å². The summed E-state index contributed by atoms with van der Waals surface area (Å²) in [6.07, 6.45) is 7.86. The minimum atomic E-state index is -0.762. The van der Waals surface area contributed by atoms with Crippen molar-refractivity contribution < 1.29 is 14.7 Å². The lowest BCUT2D eigenvalue weighted by atomic mass is 9.87. The van der Waals surface area contributed by atoms with E-state index in [4.69, 9.17) is 5.11 Å². The van der Waals surface area contributed by atoms with Gasteiger partial charge in [0.2, 0.25) is 5.91 Å². The zero-order valence-electron chi connectivity index (χ0n) is 12.1. The summed E-state index contributed by atoms with van der Waals surface area (Å²) in [5, 5.41) is 11.9. The van der Waals surface area contributed by atoms with Crippen molar-refractivity contribution in [3.05, 3.63) is 0 Å². The fraction of sp³-hybridized carbons (Fsp3) is 0.867. The number of amides is 1. The van der Waals surface area contributed by atoms with E-state index >= 15 is 0 Å². The monoisotopic (exact) mass is 282 g/mol. The minimum Gasteiger partial charge on any atom is -0.481 e. The van der Waals surface area contributed by atoms with Crippen LogP contribution in [0.4, 0.5) is 0 Å². The number of nitrogens with zero attached hydrogens (tertiary/aromatic N) is 1. The van der Waals surface area contributed by atoms with Crippen LogP contribution in [0, 0.1) is 5.92 Å². The molecule has 5 heteroatoms. The van der Waals surface area contributed by atoms with Gasteiger partial charge in [-0.25, -0.2) is 0 Å². The van der Waals surface area contributed by atoms with E-state index in [1.807, 2.05) is 4.90 Å². The molecule has 5 nitrogen and oxygen atoms in total. The highest BCUT2D eigenvalue weighted by Gasteiger charge is 2.28. The first-order valence-corrected chi connectivity index (χ1v) is 7.91. The maximum atomic E-state index is 12.4. The van der Waals surface area contributed by atoms with E-state index in [0.717, 1.165) is 38.8 Å². The molecule has 0 bridgehead atoms. The van der Waals surface area contributed by atoms with Crippen LogP contribution in [-0.4, -0.2) is 47.6 Å². The molecule has 1 saturated heterocycles. The number of carbonyl (C=O) groups is 2. The minimum absolute atomic E-state index is 0.168. The van der Waals surface area contributed by atoms with Gasteiger partial charge < -0.3 is 15.3 Å². The van der Waals surface area contributed by atoms with E-state index in [9.17, 15) is 9.59 Å². The topological polar surface area (TPSA) is 69.6 Å². The molecule has 0 unspecified atom stereocenters. The van der Waals surface area contributed by atoms with E-state index in [1.54, 1.807) is 0 Å². The zero-order valence-corrected chi connectivity index (χ0v) is 12.1. The van der Waals surface area contributed by atoms with Crippen LogP contribution in [0.15, 0.2) is 0 Å². The summed E-state index contributed by atoms with van der Waals surface area (Å²) in [4.78, 5) is 24.9. The van der Waals surface area contributed by atoms with Gasteiger partial charge in [0, 0.05) is 31.6 Å². The molecule has 0 atom stereocenters. The fourth-order valence-corrected chi connectivity index (χ4v) is 3.29. The molecule has 114 valence electrons. The van der Waals surface area contributed by atoms with Gasteiger partial charge in [-0.3, -0.25) is 9.59 Å². The van der Waals surface area contributed by atoms with Crippen LogP contribution in [0.5, 0.6) is 0 Å². The lowest BCUT2D eigenvalue weighted by Crippen LogP contribution is -2.47. The van der Waals surface area contributed by atoms with Crippen molar-refractivity contribution in [2.45, 2.75) is 57.4 Å². The Balaban J connectivity index is 1.68. The van der Waals surface area contributed by atoms with E-state index in [0.29, 0.717) is 18.5 Å². The molecular formula is C15H26N2O3. The summed E-state index contributed by atoms with van der Waals surface area (Å²) >= 11 is 0. The first kappa shape index (κ1) is 15.3. The number of rotatable bonds is 5. The molecule has 1 heterocycles. The Kier molecular flexibility index (Phi) is 5.83. The van der Waals surface area contributed by atoms with Gasteiger partial charge in [0.1, 0.15) is 0 Å². The molecule has 2 N–H and O–H groups in total. The number of aliphatic carboxylic acids is 1. The molecule has 1 aliphatic heterocycles. The Morgan fingerprint density at radius 2 is 1.70 bits per heavy atom. The largest absolute Gasteiger partial charge is 0.481 e. The molecule has 2 rings (SSSR count). The quantitative estimate of drug-likeness (QED) is 0.804. The van der Waals surface area contributed by atoms with Crippen molar-refractivity contribution in [2.75, 3.05) is 19.6 Å². The molecule has 0 aromatic heterocycles. The summed E-state index contributed by atoms with van der Waals surface area (Å²) in [6.45, 7) is 2.16. The van der Waals surface area contributed by atoms with Gasteiger partial charge >= 0.3 is 5.97 Å². The molecular weight excluding hydrogens is 256 g/mol. The first-order valence-electron chi connectivity index (χ1n) is 7.91. The van der Waals surface area contributed by atoms with Gasteiger partial charge in [-0.05, 0) is 25.7 Å². The van der Waals surface area contributed by atoms with Gasteiger partial charge in [0.25, 0.3) is 0 Å². The Labute approximate surface area is 120 Å². The lowest BCUT2D eigenvalue weighted by molar-refractivity contribution is -0.137. The number of likely N-dealkylation sites (tertiary alicyclic amines) is 1. The van der Waals surface area contributed by atoms with Crippen molar-refractivity contribution >= 4 is 11.9 Å². The smallest absolute Gasteiger partial charge is 0.304 e. The Morgan fingerprint density at radius 3 is 2.30 bits per heavy atom. The second-order valence-electron chi connectivity index (χ2n) is 6.03. The van der Waals surface area contributed by atoms with Crippen molar-refractivity contribution in [3.8, 4) is 0 Å². The molecule has 20 heavy (non-hydrogen) atoms. The first-order chi connectivity index (χ1) is 9.66. The number of carboxylic acids is 1. The van der Waals surface area contributed by atoms with Crippen LogP contribution in [0.3, 0.4) is 0 Å². The van der Waals surface area contributed by atoms with Crippen LogP contribution >= 0.6 is 0 Å². The second-order valence-corrected chi connectivity index (χ2v) is 6.03. The predicted octanol–water partition coefficient (Wildman–Crippen LogP) is 1.62. The molecule has 1 saturated carbocycles. The van der Waals surface area contributed by atoms with E-state index < -0.39 is 5.97 Å². The van der Waals surface area contributed by atoms with Crippen LogP contribution < -0.4 is 5.32 Å². The molecule has 0 aromatic carbocycles. The molecule has 2 fully saturated rings. The normalized spacial score (nSPS) is 21.9. The number of carboxylic acid groups (broad SMARTS) is 1. The lowest BCUT2D eigenvalue weighted by Gasteiger charge is -2.35.